The Kier molecular flexibility index (Phi) is 2.82. The van der Waals surface area contributed by atoms with Gasteiger partial charge in [-0.15, -0.1) is 0 Å². The van der Waals surface area contributed by atoms with Crippen LogP contribution in [0.3, 0.4) is 0 Å². The molecule has 3 aromatic rings. The summed E-state index contributed by atoms with van der Waals surface area (Å²) in [4.78, 5) is 12.5. The molecule has 2 aromatic heterocycles. The molecular weight excluding hydrogens is 302 g/mol. The third-order valence-corrected chi connectivity index (χ3v) is 3.29. The molecule has 2 heterocycles. The highest BCUT2D eigenvalue weighted by Gasteiger charge is 2.08. The first-order valence-electron chi connectivity index (χ1n) is 4.82. The second-order valence-corrected chi connectivity index (χ2v) is 5.01. The van der Waals surface area contributed by atoms with Crippen LogP contribution in [0.5, 0.6) is 0 Å². The summed E-state index contributed by atoms with van der Waals surface area (Å²) in [7, 11) is 0. The maximum Gasteiger partial charge on any atom is 0.263 e. The molecule has 0 amide bonds. The number of fused-ring (bicyclic) bond motifs is 1. The van der Waals surface area contributed by atoms with Gasteiger partial charge in [-0.3, -0.25) is 0 Å². The number of rotatable bonds is 2. The molecule has 0 aliphatic carbocycles. The summed E-state index contributed by atoms with van der Waals surface area (Å²) >= 11 is 4.66. The lowest BCUT2D eigenvalue weighted by atomic mass is 10.3. The van der Waals surface area contributed by atoms with Crippen molar-refractivity contribution < 1.29 is 4.42 Å². The van der Waals surface area contributed by atoms with E-state index in [2.05, 4.69) is 30.9 Å². The number of para-hydroxylation sites is 2. The molecule has 0 aliphatic heterocycles. The molecule has 0 saturated heterocycles. The predicted octanol–water partition coefficient (Wildman–Crippen LogP) is 3.53. The molecule has 0 spiro atoms. The standard InChI is InChI=1S/C11H6BrN3OS/c12-9-5-10(14-6-13-9)17-11-15-7-3-1-2-4-8(7)16-11/h1-6H. The smallest absolute Gasteiger partial charge is 0.263 e. The van der Waals surface area contributed by atoms with Gasteiger partial charge in [-0.05, 0) is 39.8 Å². The first-order valence-corrected chi connectivity index (χ1v) is 6.43. The molecule has 0 atom stereocenters. The Labute approximate surface area is 110 Å². The van der Waals surface area contributed by atoms with Crippen molar-refractivity contribution in [3.8, 4) is 0 Å². The zero-order valence-corrected chi connectivity index (χ0v) is 10.9. The lowest BCUT2D eigenvalue weighted by Crippen LogP contribution is -1.82. The summed E-state index contributed by atoms with van der Waals surface area (Å²) < 4.78 is 6.33. The lowest BCUT2D eigenvalue weighted by molar-refractivity contribution is 0.489. The minimum Gasteiger partial charge on any atom is -0.431 e. The second-order valence-electron chi connectivity index (χ2n) is 3.23. The van der Waals surface area contributed by atoms with Crippen LogP contribution in [-0.4, -0.2) is 15.0 Å². The molecule has 1 aromatic carbocycles. The molecular formula is C11H6BrN3OS. The first-order chi connectivity index (χ1) is 8.31. The van der Waals surface area contributed by atoms with E-state index in [0.29, 0.717) is 5.22 Å². The summed E-state index contributed by atoms with van der Waals surface area (Å²) in [6, 6.07) is 9.48. The number of oxazole rings is 1. The number of hydrogen-bond acceptors (Lipinski definition) is 5. The van der Waals surface area contributed by atoms with Crippen LogP contribution in [0.1, 0.15) is 0 Å². The Balaban J connectivity index is 1.94. The van der Waals surface area contributed by atoms with Gasteiger partial charge in [0.1, 0.15) is 21.5 Å². The largest absolute Gasteiger partial charge is 0.431 e. The maximum absolute atomic E-state index is 5.59. The van der Waals surface area contributed by atoms with Gasteiger partial charge in [0.25, 0.3) is 5.22 Å². The van der Waals surface area contributed by atoms with E-state index in [1.807, 2.05) is 30.3 Å². The molecule has 0 saturated carbocycles. The van der Waals surface area contributed by atoms with Crippen LogP contribution in [0.25, 0.3) is 11.1 Å². The number of benzene rings is 1. The fraction of sp³-hybridized carbons (Fsp3) is 0. The monoisotopic (exact) mass is 307 g/mol. The summed E-state index contributed by atoms with van der Waals surface area (Å²) in [6.45, 7) is 0. The molecule has 17 heavy (non-hydrogen) atoms. The van der Waals surface area contributed by atoms with Crippen molar-refractivity contribution >= 4 is 38.8 Å². The normalized spacial score (nSPS) is 10.9. The highest BCUT2D eigenvalue weighted by Crippen LogP contribution is 2.28. The van der Waals surface area contributed by atoms with Gasteiger partial charge in [-0.2, -0.15) is 0 Å². The molecule has 0 bridgehead atoms. The van der Waals surface area contributed by atoms with E-state index in [9.17, 15) is 0 Å². The van der Waals surface area contributed by atoms with E-state index in [1.54, 1.807) is 0 Å². The molecule has 6 heteroatoms. The van der Waals surface area contributed by atoms with E-state index in [1.165, 1.54) is 18.1 Å². The first kappa shape index (κ1) is 10.7. The molecule has 0 unspecified atom stereocenters. The van der Waals surface area contributed by atoms with E-state index < -0.39 is 0 Å². The van der Waals surface area contributed by atoms with Crippen molar-refractivity contribution in [2.45, 2.75) is 10.2 Å². The van der Waals surface area contributed by atoms with E-state index >= 15 is 0 Å². The molecule has 0 radical (unpaired) electrons. The van der Waals surface area contributed by atoms with E-state index in [-0.39, 0.29) is 0 Å². The molecule has 4 nitrogen and oxygen atoms in total. The fourth-order valence-electron chi connectivity index (χ4n) is 1.36. The topological polar surface area (TPSA) is 51.8 Å². The number of hydrogen-bond donors (Lipinski definition) is 0. The van der Waals surface area contributed by atoms with Crippen LogP contribution < -0.4 is 0 Å². The van der Waals surface area contributed by atoms with Gasteiger partial charge >= 0.3 is 0 Å². The summed E-state index contributed by atoms with van der Waals surface area (Å²) in [5.74, 6) is 0. The zero-order chi connectivity index (χ0) is 11.7. The lowest BCUT2D eigenvalue weighted by Gasteiger charge is -1.94. The van der Waals surface area contributed by atoms with Crippen LogP contribution in [0.4, 0.5) is 0 Å². The third kappa shape index (κ3) is 2.32. The minimum absolute atomic E-state index is 0.580. The van der Waals surface area contributed by atoms with Gasteiger partial charge in [-0.25, -0.2) is 15.0 Å². The van der Waals surface area contributed by atoms with Gasteiger partial charge in [0, 0.05) is 6.07 Å². The average Bonchev–Trinajstić information content (AvgIpc) is 2.71. The van der Waals surface area contributed by atoms with E-state index in [0.717, 1.165) is 20.7 Å². The van der Waals surface area contributed by atoms with Gasteiger partial charge in [0.05, 0.1) is 0 Å². The van der Waals surface area contributed by atoms with Crippen LogP contribution in [0.15, 0.2) is 55.9 Å². The van der Waals surface area contributed by atoms with Crippen molar-refractivity contribution in [1.82, 2.24) is 15.0 Å². The fourth-order valence-corrected chi connectivity index (χ4v) is 2.54. The van der Waals surface area contributed by atoms with Gasteiger partial charge in [0.2, 0.25) is 0 Å². The minimum atomic E-state index is 0.580. The zero-order valence-electron chi connectivity index (χ0n) is 8.50. The Bertz CT molecular complexity index is 637. The second kappa shape index (κ2) is 4.46. The van der Waals surface area contributed by atoms with Crippen LogP contribution in [0.2, 0.25) is 0 Å². The Morgan fingerprint density at radius 1 is 1.18 bits per heavy atom. The summed E-state index contributed by atoms with van der Waals surface area (Å²) in [6.07, 6.45) is 1.50. The van der Waals surface area contributed by atoms with Crippen molar-refractivity contribution in [1.29, 1.82) is 0 Å². The van der Waals surface area contributed by atoms with Crippen molar-refractivity contribution in [3.63, 3.8) is 0 Å². The molecule has 0 aliphatic rings. The van der Waals surface area contributed by atoms with Crippen LogP contribution in [0, 0.1) is 0 Å². The van der Waals surface area contributed by atoms with E-state index in [4.69, 9.17) is 4.42 Å². The van der Waals surface area contributed by atoms with Gasteiger partial charge in [-0.1, -0.05) is 12.1 Å². The summed E-state index contributed by atoms with van der Waals surface area (Å²) in [5, 5.41) is 1.37. The third-order valence-electron chi connectivity index (χ3n) is 2.07. The highest BCUT2D eigenvalue weighted by molar-refractivity contribution is 9.10. The van der Waals surface area contributed by atoms with Crippen LogP contribution >= 0.6 is 27.7 Å². The number of nitrogens with zero attached hydrogens (tertiary/aromatic N) is 3. The molecule has 3 rings (SSSR count). The number of aromatic nitrogens is 3. The van der Waals surface area contributed by atoms with Gasteiger partial charge < -0.3 is 4.42 Å². The quantitative estimate of drug-likeness (QED) is 0.678. The Morgan fingerprint density at radius 2 is 2.06 bits per heavy atom. The van der Waals surface area contributed by atoms with Crippen molar-refractivity contribution in [3.05, 3.63) is 41.3 Å². The Morgan fingerprint density at radius 3 is 2.88 bits per heavy atom. The predicted molar refractivity (Wildman–Crippen MR) is 67.9 cm³/mol. The summed E-state index contributed by atoms with van der Waals surface area (Å²) in [5.41, 5.74) is 1.63. The van der Waals surface area contributed by atoms with Crippen molar-refractivity contribution in [2.24, 2.45) is 0 Å². The van der Waals surface area contributed by atoms with Crippen molar-refractivity contribution in [2.75, 3.05) is 0 Å². The maximum atomic E-state index is 5.59. The Hall–Kier alpha value is -1.40. The molecule has 0 fully saturated rings. The molecule has 0 N–H and O–H groups in total. The van der Waals surface area contributed by atoms with Gasteiger partial charge in [0.15, 0.2) is 5.58 Å². The molecule has 84 valence electrons. The highest BCUT2D eigenvalue weighted by atomic mass is 79.9. The average molecular weight is 308 g/mol. The SMILES string of the molecule is Brc1cc(Sc2nc3ccccc3o2)ncn1. The number of halogens is 1. The van der Waals surface area contributed by atoms with Crippen LogP contribution in [-0.2, 0) is 0 Å².